The first-order valence-electron chi connectivity index (χ1n) is 6.13. The summed E-state index contributed by atoms with van der Waals surface area (Å²) in [6, 6.07) is 12.7. The summed E-state index contributed by atoms with van der Waals surface area (Å²) >= 11 is 2.04. The number of nitriles is 1. The maximum Gasteiger partial charge on any atom is 0.0641 e. The predicted octanol–water partition coefficient (Wildman–Crippen LogP) is 2.98. The first-order chi connectivity index (χ1) is 8.40. The molecule has 1 aliphatic rings. The molecule has 1 fully saturated rings. The van der Waals surface area contributed by atoms with Crippen molar-refractivity contribution in [2.75, 3.05) is 18.1 Å². The van der Waals surface area contributed by atoms with Crippen LogP contribution in [0.3, 0.4) is 0 Å². The van der Waals surface area contributed by atoms with Crippen LogP contribution in [0, 0.1) is 17.2 Å². The van der Waals surface area contributed by atoms with Crippen molar-refractivity contribution in [3.8, 4) is 6.07 Å². The lowest BCUT2D eigenvalue weighted by Gasteiger charge is -2.18. The van der Waals surface area contributed by atoms with Gasteiger partial charge in [-0.2, -0.15) is 17.0 Å². The van der Waals surface area contributed by atoms with Crippen LogP contribution in [0.15, 0.2) is 30.3 Å². The molecule has 0 aromatic heterocycles. The van der Waals surface area contributed by atoms with E-state index in [0.717, 1.165) is 12.5 Å². The second-order valence-electron chi connectivity index (χ2n) is 4.46. The summed E-state index contributed by atoms with van der Waals surface area (Å²) in [5.41, 5.74) is 1.22. The SMILES string of the molecule is N#CCC(NCC1CCSC1)c1ccccc1. The summed E-state index contributed by atoms with van der Waals surface area (Å²) in [4.78, 5) is 0. The van der Waals surface area contributed by atoms with Gasteiger partial charge in [-0.05, 0) is 36.0 Å². The second kappa shape index (κ2) is 6.68. The lowest BCUT2D eigenvalue weighted by Crippen LogP contribution is -2.27. The first-order valence-corrected chi connectivity index (χ1v) is 7.28. The van der Waals surface area contributed by atoms with Crippen LogP contribution in [0.25, 0.3) is 0 Å². The topological polar surface area (TPSA) is 35.8 Å². The Morgan fingerprint density at radius 2 is 2.24 bits per heavy atom. The zero-order valence-electron chi connectivity index (χ0n) is 9.93. The molecule has 1 N–H and O–H groups in total. The average molecular weight is 246 g/mol. The lowest BCUT2D eigenvalue weighted by molar-refractivity contribution is 0.462. The molecule has 1 aliphatic heterocycles. The number of nitrogens with one attached hydrogen (secondary N) is 1. The Hall–Kier alpha value is -0.980. The highest BCUT2D eigenvalue weighted by atomic mass is 32.2. The molecule has 3 heteroatoms. The maximum absolute atomic E-state index is 8.90. The highest BCUT2D eigenvalue weighted by Gasteiger charge is 2.17. The van der Waals surface area contributed by atoms with E-state index < -0.39 is 0 Å². The number of hydrogen-bond donors (Lipinski definition) is 1. The van der Waals surface area contributed by atoms with Gasteiger partial charge >= 0.3 is 0 Å². The molecule has 2 atom stereocenters. The van der Waals surface area contributed by atoms with E-state index in [1.807, 2.05) is 30.0 Å². The van der Waals surface area contributed by atoms with Crippen molar-refractivity contribution in [2.24, 2.45) is 5.92 Å². The van der Waals surface area contributed by atoms with E-state index in [1.54, 1.807) is 0 Å². The van der Waals surface area contributed by atoms with Crippen molar-refractivity contribution < 1.29 is 0 Å². The van der Waals surface area contributed by atoms with Crippen LogP contribution in [0.1, 0.15) is 24.4 Å². The smallest absolute Gasteiger partial charge is 0.0641 e. The molecule has 1 aromatic rings. The minimum atomic E-state index is 0.187. The van der Waals surface area contributed by atoms with Crippen LogP contribution in [0.4, 0.5) is 0 Å². The van der Waals surface area contributed by atoms with Crippen molar-refractivity contribution in [3.63, 3.8) is 0 Å². The van der Waals surface area contributed by atoms with Crippen LogP contribution in [-0.2, 0) is 0 Å². The highest BCUT2D eigenvalue weighted by Crippen LogP contribution is 2.24. The Bertz CT molecular complexity index is 366. The maximum atomic E-state index is 8.90. The highest BCUT2D eigenvalue weighted by molar-refractivity contribution is 7.99. The van der Waals surface area contributed by atoms with Gasteiger partial charge in [-0.3, -0.25) is 0 Å². The predicted molar refractivity (Wildman–Crippen MR) is 72.8 cm³/mol. The Balaban J connectivity index is 1.91. The van der Waals surface area contributed by atoms with Crippen LogP contribution < -0.4 is 5.32 Å². The van der Waals surface area contributed by atoms with Crippen LogP contribution in [-0.4, -0.2) is 18.1 Å². The largest absolute Gasteiger partial charge is 0.309 e. The minimum absolute atomic E-state index is 0.187. The lowest BCUT2D eigenvalue weighted by atomic mass is 10.0. The third kappa shape index (κ3) is 3.76. The molecule has 0 bridgehead atoms. The number of hydrogen-bond acceptors (Lipinski definition) is 3. The summed E-state index contributed by atoms with van der Waals surface area (Å²) in [7, 11) is 0. The molecule has 1 saturated heterocycles. The molecule has 90 valence electrons. The normalized spacial score (nSPS) is 21.0. The second-order valence-corrected chi connectivity index (χ2v) is 5.61. The number of rotatable bonds is 5. The molecule has 0 radical (unpaired) electrons. The molecule has 0 aliphatic carbocycles. The zero-order valence-corrected chi connectivity index (χ0v) is 10.7. The summed E-state index contributed by atoms with van der Waals surface area (Å²) in [6.07, 6.45) is 1.86. The number of thioether (sulfide) groups is 1. The molecule has 2 unspecified atom stereocenters. The number of nitrogens with zero attached hydrogens (tertiary/aromatic N) is 1. The van der Waals surface area contributed by atoms with Gasteiger partial charge in [-0.1, -0.05) is 30.3 Å². The van der Waals surface area contributed by atoms with Gasteiger partial charge in [0.1, 0.15) is 0 Å². The molecule has 2 nitrogen and oxygen atoms in total. The molecule has 0 saturated carbocycles. The Kier molecular flexibility index (Phi) is 4.90. The van der Waals surface area contributed by atoms with Crippen LogP contribution >= 0.6 is 11.8 Å². The van der Waals surface area contributed by atoms with E-state index in [1.165, 1.54) is 23.5 Å². The van der Waals surface area contributed by atoms with Crippen molar-refractivity contribution in [1.29, 1.82) is 5.26 Å². The van der Waals surface area contributed by atoms with Crippen LogP contribution in [0.2, 0.25) is 0 Å². The minimum Gasteiger partial charge on any atom is -0.309 e. The standard InChI is InChI=1S/C14H18N2S/c15-8-6-14(13-4-2-1-3-5-13)16-10-12-7-9-17-11-12/h1-5,12,14,16H,6-7,9-11H2. The van der Waals surface area contributed by atoms with Crippen molar-refractivity contribution in [1.82, 2.24) is 5.32 Å². The summed E-state index contributed by atoms with van der Waals surface area (Å²) < 4.78 is 0. The van der Waals surface area contributed by atoms with E-state index >= 15 is 0 Å². The van der Waals surface area contributed by atoms with Gasteiger partial charge in [0.15, 0.2) is 0 Å². The number of benzene rings is 1. The molecule has 2 rings (SSSR count). The molecule has 1 heterocycles. The van der Waals surface area contributed by atoms with E-state index in [0.29, 0.717) is 6.42 Å². The van der Waals surface area contributed by atoms with Crippen molar-refractivity contribution in [3.05, 3.63) is 35.9 Å². The van der Waals surface area contributed by atoms with Gasteiger partial charge < -0.3 is 5.32 Å². The quantitative estimate of drug-likeness (QED) is 0.867. The average Bonchev–Trinajstić information content (AvgIpc) is 2.88. The van der Waals surface area contributed by atoms with Gasteiger partial charge in [0.25, 0.3) is 0 Å². The van der Waals surface area contributed by atoms with E-state index in [-0.39, 0.29) is 6.04 Å². The summed E-state index contributed by atoms with van der Waals surface area (Å²) in [5, 5.41) is 12.4. The third-order valence-electron chi connectivity index (χ3n) is 3.17. The van der Waals surface area contributed by atoms with Gasteiger partial charge in [0.2, 0.25) is 0 Å². The molecule has 1 aromatic carbocycles. The van der Waals surface area contributed by atoms with Crippen molar-refractivity contribution in [2.45, 2.75) is 18.9 Å². The molecular weight excluding hydrogens is 228 g/mol. The molecule has 0 amide bonds. The first kappa shape index (κ1) is 12.5. The molecule has 0 spiro atoms. The molecular formula is C14H18N2S. The van der Waals surface area contributed by atoms with Crippen LogP contribution in [0.5, 0.6) is 0 Å². The van der Waals surface area contributed by atoms with Gasteiger partial charge in [0.05, 0.1) is 12.5 Å². The Labute approximate surface area is 107 Å². The summed E-state index contributed by atoms with van der Waals surface area (Å²) in [5.74, 6) is 3.34. The van der Waals surface area contributed by atoms with Gasteiger partial charge in [-0.25, -0.2) is 0 Å². The fourth-order valence-corrected chi connectivity index (χ4v) is 3.42. The van der Waals surface area contributed by atoms with E-state index in [4.69, 9.17) is 5.26 Å². The zero-order chi connectivity index (χ0) is 11.9. The third-order valence-corrected chi connectivity index (χ3v) is 4.41. The van der Waals surface area contributed by atoms with E-state index in [9.17, 15) is 0 Å². The monoisotopic (exact) mass is 246 g/mol. The van der Waals surface area contributed by atoms with Crippen molar-refractivity contribution >= 4 is 11.8 Å². The molecule has 17 heavy (non-hydrogen) atoms. The van der Waals surface area contributed by atoms with Gasteiger partial charge in [-0.15, -0.1) is 0 Å². The van der Waals surface area contributed by atoms with E-state index in [2.05, 4.69) is 23.5 Å². The fourth-order valence-electron chi connectivity index (χ4n) is 2.14. The Morgan fingerprint density at radius 3 is 2.88 bits per heavy atom. The summed E-state index contributed by atoms with van der Waals surface area (Å²) in [6.45, 7) is 1.04. The Morgan fingerprint density at radius 1 is 1.41 bits per heavy atom. The van der Waals surface area contributed by atoms with Gasteiger partial charge in [0, 0.05) is 6.04 Å². The fraction of sp³-hybridized carbons (Fsp3) is 0.500.